The van der Waals surface area contributed by atoms with Gasteiger partial charge in [0.05, 0.1) is 5.69 Å². The van der Waals surface area contributed by atoms with E-state index in [2.05, 4.69) is 0 Å². The van der Waals surface area contributed by atoms with Gasteiger partial charge in [-0.05, 0) is 18.6 Å². The average molecular weight is 291 g/mol. The largest absolute Gasteiger partial charge is 0.396 e. The summed E-state index contributed by atoms with van der Waals surface area (Å²) >= 11 is 5.72. The minimum absolute atomic E-state index is 0.0972. The zero-order chi connectivity index (χ0) is 13.3. The Hall–Kier alpha value is -1.11. The normalized spacial score (nSPS) is 17.0. The predicted molar refractivity (Wildman–Crippen MR) is 68.3 cm³/mol. The molecule has 2 rings (SSSR count). The van der Waals surface area contributed by atoms with Crippen molar-refractivity contribution in [2.45, 2.75) is 11.3 Å². The molecule has 1 aromatic carbocycles. The molecule has 0 aromatic heterocycles. The highest BCUT2D eigenvalue weighted by atomic mass is 35.5. The van der Waals surface area contributed by atoms with Gasteiger partial charge in [0.1, 0.15) is 4.90 Å². The summed E-state index contributed by atoms with van der Waals surface area (Å²) in [4.78, 5) is -0.470. The molecular weight excluding hydrogens is 279 g/mol. The second kappa shape index (κ2) is 4.87. The third-order valence-electron chi connectivity index (χ3n) is 2.67. The molecule has 1 aliphatic rings. The maximum atomic E-state index is 13.8. The summed E-state index contributed by atoms with van der Waals surface area (Å²) in [6, 6.07) is 2.27. The zero-order valence-corrected chi connectivity index (χ0v) is 11.0. The first-order valence-corrected chi connectivity index (χ1v) is 7.14. The minimum atomic E-state index is -3.90. The van der Waals surface area contributed by atoms with E-state index >= 15 is 0 Å². The molecule has 0 saturated heterocycles. The molecule has 1 aliphatic heterocycles. The van der Waals surface area contributed by atoms with E-state index in [1.807, 2.05) is 6.08 Å². The molecule has 0 bridgehead atoms. The van der Waals surface area contributed by atoms with E-state index in [4.69, 9.17) is 17.3 Å². The van der Waals surface area contributed by atoms with Crippen LogP contribution in [0.5, 0.6) is 0 Å². The van der Waals surface area contributed by atoms with Crippen molar-refractivity contribution in [3.63, 3.8) is 0 Å². The third-order valence-corrected chi connectivity index (χ3v) is 4.75. The lowest BCUT2D eigenvalue weighted by molar-refractivity contribution is 0.433. The molecule has 7 heteroatoms. The number of anilines is 1. The summed E-state index contributed by atoms with van der Waals surface area (Å²) in [5, 5.41) is 0.0972. The van der Waals surface area contributed by atoms with Gasteiger partial charge in [-0.25, -0.2) is 12.8 Å². The second-order valence-corrected chi connectivity index (χ2v) is 6.27. The Labute approximate surface area is 110 Å². The molecular formula is C11H12ClFN2O2S. The summed E-state index contributed by atoms with van der Waals surface area (Å²) in [6.45, 7) is 0.554. The van der Waals surface area contributed by atoms with Gasteiger partial charge in [0, 0.05) is 18.1 Å². The monoisotopic (exact) mass is 290 g/mol. The molecule has 98 valence electrons. The van der Waals surface area contributed by atoms with E-state index < -0.39 is 20.7 Å². The Kier molecular flexibility index (Phi) is 3.61. The minimum Gasteiger partial charge on any atom is -0.396 e. The van der Waals surface area contributed by atoms with Gasteiger partial charge in [-0.3, -0.25) is 0 Å². The van der Waals surface area contributed by atoms with Gasteiger partial charge < -0.3 is 5.73 Å². The number of nitrogen functional groups attached to an aromatic ring is 1. The summed E-state index contributed by atoms with van der Waals surface area (Å²) in [6.07, 6.45) is 4.22. The van der Waals surface area contributed by atoms with Gasteiger partial charge in [-0.1, -0.05) is 23.8 Å². The molecule has 1 aromatic rings. The van der Waals surface area contributed by atoms with Crippen LogP contribution in [0, 0.1) is 5.82 Å². The summed E-state index contributed by atoms with van der Waals surface area (Å²) in [5.74, 6) is -0.950. The maximum absolute atomic E-state index is 13.8. The first kappa shape index (κ1) is 13.3. The molecule has 0 amide bonds. The van der Waals surface area contributed by atoms with E-state index in [-0.39, 0.29) is 17.3 Å². The Bertz CT molecular complexity index is 601. The fourth-order valence-corrected chi connectivity index (χ4v) is 3.57. The lowest BCUT2D eigenvalue weighted by Gasteiger charge is -2.23. The van der Waals surface area contributed by atoms with Crippen LogP contribution in [-0.2, 0) is 10.0 Å². The molecule has 0 saturated carbocycles. The van der Waals surface area contributed by atoms with Crippen molar-refractivity contribution >= 4 is 27.3 Å². The van der Waals surface area contributed by atoms with Crippen molar-refractivity contribution in [3.8, 4) is 0 Å². The Morgan fingerprint density at radius 2 is 2.06 bits per heavy atom. The SMILES string of the molecule is Nc1cc(Cl)cc(S(=O)(=O)N2CC=CCC2)c1F. The Morgan fingerprint density at radius 3 is 2.67 bits per heavy atom. The van der Waals surface area contributed by atoms with Crippen molar-refractivity contribution < 1.29 is 12.8 Å². The first-order valence-electron chi connectivity index (χ1n) is 5.32. The lowest BCUT2D eigenvalue weighted by atomic mass is 10.3. The number of rotatable bonds is 2. The van der Waals surface area contributed by atoms with Crippen LogP contribution >= 0.6 is 11.6 Å². The van der Waals surface area contributed by atoms with Gasteiger partial charge in [-0.15, -0.1) is 0 Å². The van der Waals surface area contributed by atoms with E-state index in [1.165, 1.54) is 10.4 Å². The summed E-state index contributed by atoms with van der Waals surface area (Å²) in [7, 11) is -3.90. The Morgan fingerprint density at radius 1 is 1.33 bits per heavy atom. The highest BCUT2D eigenvalue weighted by Crippen LogP contribution is 2.28. The van der Waals surface area contributed by atoms with Gasteiger partial charge in [0.25, 0.3) is 0 Å². The number of hydrogen-bond acceptors (Lipinski definition) is 3. The van der Waals surface area contributed by atoms with E-state index in [0.717, 1.165) is 6.07 Å². The molecule has 0 atom stereocenters. The van der Waals surface area contributed by atoms with E-state index in [1.54, 1.807) is 6.08 Å². The third kappa shape index (κ3) is 2.36. The number of hydrogen-bond donors (Lipinski definition) is 1. The zero-order valence-electron chi connectivity index (χ0n) is 9.44. The van der Waals surface area contributed by atoms with Gasteiger partial charge >= 0.3 is 0 Å². The maximum Gasteiger partial charge on any atom is 0.246 e. The smallest absolute Gasteiger partial charge is 0.246 e. The second-order valence-electron chi connectivity index (χ2n) is 3.93. The predicted octanol–water partition coefficient (Wildman–Crippen LogP) is 2.01. The van der Waals surface area contributed by atoms with Crippen molar-refractivity contribution in [3.05, 3.63) is 35.1 Å². The molecule has 18 heavy (non-hydrogen) atoms. The van der Waals surface area contributed by atoms with Crippen LogP contribution < -0.4 is 5.73 Å². The van der Waals surface area contributed by atoms with Gasteiger partial charge in [-0.2, -0.15) is 4.31 Å². The van der Waals surface area contributed by atoms with Crippen LogP contribution in [0.15, 0.2) is 29.2 Å². The van der Waals surface area contributed by atoms with Crippen molar-refractivity contribution in [1.82, 2.24) is 4.31 Å². The molecule has 0 fully saturated rings. The molecule has 0 spiro atoms. The topological polar surface area (TPSA) is 63.4 Å². The van der Waals surface area contributed by atoms with Gasteiger partial charge in [0.2, 0.25) is 10.0 Å². The molecule has 0 radical (unpaired) electrons. The van der Waals surface area contributed by atoms with Crippen LogP contribution in [-0.4, -0.2) is 25.8 Å². The van der Waals surface area contributed by atoms with Crippen molar-refractivity contribution in [1.29, 1.82) is 0 Å². The first-order chi connectivity index (χ1) is 8.43. The van der Waals surface area contributed by atoms with E-state index in [0.29, 0.717) is 13.0 Å². The molecule has 4 nitrogen and oxygen atoms in total. The average Bonchev–Trinajstić information content (AvgIpc) is 2.34. The van der Waals surface area contributed by atoms with Crippen LogP contribution in [0.2, 0.25) is 5.02 Å². The highest BCUT2D eigenvalue weighted by molar-refractivity contribution is 7.89. The highest BCUT2D eigenvalue weighted by Gasteiger charge is 2.28. The molecule has 0 aliphatic carbocycles. The number of halogens is 2. The molecule has 0 unspecified atom stereocenters. The van der Waals surface area contributed by atoms with Gasteiger partial charge in [0.15, 0.2) is 5.82 Å². The Balaban J connectivity index is 2.50. The quantitative estimate of drug-likeness (QED) is 0.669. The number of benzene rings is 1. The number of nitrogens with zero attached hydrogens (tertiary/aromatic N) is 1. The molecule has 2 N–H and O–H groups in total. The van der Waals surface area contributed by atoms with Crippen molar-refractivity contribution in [2.75, 3.05) is 18.8 Å². The van der Waals surface area contributed by atoms with Crippen molar-refractivity contribution in [2.24, 2.45) is 0 Å². The van der Waals surface area contributed by atoms with Crippen LogP contribution in [0.4, 0.5) is 10.1 Å². The lowest BCUT2D eigenvalue weighted by Crippen LogP contribution is -2.34. The van der Waals surface area contributed by atoms with E-state index in [9.17, 15) is 12.8 Å². The molecule has 1 heterocycles. The fourth-order valence-electron chi connectivity index (χ4n) is 1.75. The van der Waals surface area contributed by atoms with Crippen LogP contribution in [0.3, 0.4) is 0 Å². The van der Waals surface area contributed by atoms with Crippen LogP contribution in [0.25, 0.3) is 0 Å². The summed E-state index contributed by atoms with van der Waals surface area (Å²) < 4.78 is 39.5. The standard InChI is InChI=1S/C11H12ClFN2O2S/c12-8-6-9(14)11(13)10(7-8)18(16,17)15-4-2-1-3-5-15/h1-2,6-7H,3-5,14H2. The number of nitrogens with two attached hydrogens (primary N) is 1. The number of sulfonamides is 1. The van der Waals surface area contributed by atoms with Crippen LogP contribution in [0.1, 0.15) is 6.42 Å². The fraction of sp³-hybridized carbons (Fsp3) is 0.273. The summed E-state index contributed by atoms with van der Waals surface area (Å²) in [5.41, 5.74) is 5.12.